The normalized spacial score (nSPS) is 11.0. The molecular formula is C24H20FNO5. The summed E-state index contributed by atoms with van der Waals surface area (Å²) in [6.07, 6.45) is 3.31. The third-order valence-corrected chi connectivity index (χ3v) is 4.79. The summed E-state index contributed by atoms with van der Waals surface area (Å²) in [7, 11) is 0. The first-order chi connectivity index (χ1) is 15.0. The smallest absolute Gasteiger partial charge is 0.336 e. The zero-order valence-electron chi connectivity index (χ0n) is 16.9. The number of hydrogen-bond donors (Lipinski definition) is 0. The second-order valence-corrected chi connectivity index (χ2v) is 7.07. The van der Waals surface area contributed by atoms with Crippen LogP contribution in [0.1, 0.15) is 31.2 Å². The van der Waals surface area contributed by atoms with Crippen molar-refractivity contribution in [1.29, 1.82) is 0 Å². The van der Waals surface area contributed by atoms with Gasteiger partial charge in [-0.25, -0.2) is 14.2 Å². The van der Waals surface area contributed by atoms with Crippen molar-refractivity contribution < 1.29 is 22.8 Å². The Morgan fingerprint density at radius 1 is 1.10 bits per heavy atom. The maximum absolute atomic E-state index is 13.9. The van der Waals surface area contributed by atoms with E-state index in [4.69, 9.17) is 13.6 Å². The van der Waals surface area contributed by atoms with Gasteiger partial charge in [0.25, 0.3) is 0 Å². The molecule has 2 aromatic heterocycles. The predicted octanol–water partition coefficient (Wildman–Crippen LogP) is 5.08. The van der Waals surface area contributed by atoms with Gasteiger partial charge in [0, 0.05) is 23.9 Å². The molecule has 0 amide bonds. The minimum Gasteiger partial charge on any atom is -0.441 e. The number of hydrogen-bond acceptors (Lipinski definition) is 6. The van der Waals surface area contributed by atoms with Crippen molar-refractivity contribution in [3.05, 3.63) is 82.4 Å². The van der Waals surface area contributed by atoms with E-state index in [-0.39, 0.29) is 18.6 Å². The van der Waals surface area contributed by atoms with Crippen LogP contribution in [0.2, 0.25) is 0 Å². The second-order valence-electron chi connectivity index (χ2n) is 7.07. The number of nitrogens with zero attached hydrogens (tertiary/aromatic N) is 1. The lowest BCUT2D eigenvalue weighted by Crippen LogP contribution is -2.09. The fourth-order valence-electron chi connectivity index (χ4n) is 3.35. The molecule has 0 fully saturated rings. The summed E-state index contributed by atoms with van der Waals surface area (Å²) < 4.78 is 30.0. The second kappa shape index (κ2) is 8.95. The SMILES string of the molecule is CCCc1cc(=O)oc2cc(OC(=O)CCc3ncc(-c4ccccc4F)o3)ccc12. The third kappa shape index (κ3) is 4.71. The Labute approximate surface area is 177 Å². The Morgan fingerprint density at radius 3 is 2.74 bits per heavy atom. The van der Waals surface area contributed by atoms with Crippen molar-refractivity contribution >= 4 is 16.9 Å². The van der Waals surface area contributed by atoms with E-state index in [1.807, 2.05) is 6.92 Å². The minimum atomic E-state index is -0.489. The van der Waals surface area contributed by atoms with E-state index in [0.717, 1.165) is 23.8 Å². The first-order valence-electron chi connectivity index (χ1n) is 10.0. The van der Waals surface area contributed by atoms with E-state index < -0.39 is 17.4 Å². The average molecular weight is 421 g/mol. The Morgan fingerprint density at radius 2 is 1.94 bits per heavy atom. The zero-order chi connectivity index (χ0) is 21.8. The molecule has 0 unspecified atom stereocenters. The van der Waals surface area contributed by atoms with E-state index in [0.29, 0.717) is 22.8 Å². The molecule has 0 aliphatic carbocycles. The summed E-state index contributed by atoms with van der Waals surface area (Å²) in [6, 6.07) is 12.7. The van der Waals surface area contributed by atoms with Gasteiger partial charge in [0.1, 0.15) is 17.1 Å². The van der Waals surface area contributed by atoms with Crippen LogP contribution in [-0.4, -0.2) is 11.0 Å². The number of carbonyl (C=O) groups excluding carboxylic acids is 1. The lowest BCUT2D eigenvalue weighted by atomic mass is 10.1. The number of ether oxygens (including phenoxy) is 1. The molecule has 0 spiro atoms. The van der Waals surface area contributed by atoms with Gasteiger partial charge < -0.3 is 13.6 Å². The zero-order valence-corrected chi connectivity index (χ0v) is 16.9. The van der Waals surface area contributed by atoms with Crippen LogP contribution >= 0.6 is 0 Å². The summed E-state index contributed by atoms with van der Waals surface area (Å²) in [5.41, 5.74) is 1.16. The highest BCUT2D eigenvalue weighted by molar-refractivity contribution is 5.82. The largest absolute Gasteiger partial charge is 0.441 e. The molecule has 2 heterocycles. The standard InChI is InChI=1S/C24H20FNO5/c1-2-5-15-12-24(28)31-20-13-16(8-9-17(15)20)29-23(27)11-10-22-26-14-21(30-22)18-6-3-4-7-19(18)25/h3-4,6-9,12-14H,2,5,10-11H2,1H3. The molecule has 0 aliphatic rings. The fourth-order valence-corrected chi connectivity index (χ4v) is 3.35. The maximum atomic E-state index is 13.9. The molecule has 7 heteroatoms. The van der Waals surface area contributed by atoms with Gasteiger partial charge in [0.15, 0.2) is 11.7 Å². The van der Waals surface area contributed by atoms with Crippen molar-refractivity contribution in [3.8, 4) is 17.1 Å². The lowest BCUT2D eigenvalue weighted by molar-refractivity contribution is -0.134. The van der Waals surface area contributed by atoms with E-state index >= 15 is 0 Å². The number of halogens is 1. The molecule has 31 heavy (non-hydrogen) atoms. The number of oxazole rings is 1. The topological polar surface area (TPSA) is 82.5 Å². The van der Waals surface area contributed by atoms with Gasteiger partial charge in [-0.2, -0.15) is 0 Å². The molecule has 0 N–H and O–H groups in total. The Bertz CT molecular complexity index is 1290. The van der Waals surface area contributed by atoms with Crippen LogP contribution in [0, 0.1) is 5.82 Å². The molecule has 4 aromatic rings. The van der Waals surface area contributed by atoms with Crippen LogP contribution in [0.5, 0.6) is 5.75 Å². The van der Waals surface area contributed by atoms with Crippen molar-refractivity contribution in [1.82, 2.24) is 4.98 Å². The molecule has 0 saturated heterocycles. The molecule has 0 saturated carbocycles. The quantitative estimate of drug-likeness (QED) is 0.235. The number of esters is 1. The lowest BCUT2D eigenvalue weighted by Gasteiger charge is -2.07. The van der Waals surface area contributed by atoms with E-state index in [2.05, 4.69) is 4.98 Å². The Kier molecular flexibility index (Phi) is 5.93. The third-order valence-electron chi connectivity index (χ3n) is 4.79. The summed E-state index contributed by atoms with van der Waals surface area (Å²) >= 11 is 0. The van der Waals surface area contributed by atoms with Gasteiger partial charge in [-0.1, -0.05) is 25.5 Å². The van der Waals surface area contributed by atoms with Gasteiger partial charge in [-0.05, 0) is 36.2 Å². The molecule has 0 radical (unpaired) electrons. The van der Waals surface area contributed by atoms with Crippen molar-refractivity contribution in [2.75, 3.05) is 0 Å². The highest BCUT2D eigenvalue weighted by Crippen LogP contribution is 2.25. The van der Waals surface area contributed by atoms with E-state index in [9.17, 15) is 14.0 Å². The number of benzene rings is 2. The number of carbonyl (C=O) groups is 1. The highest BCUT2D eigenvalue weighted by Gasteiger charge is 2.14. The Hall–Kier alpha value is -3.74. The minimum absolute atomic E-state index is 0.0229. The van der Waals surface area contributed by atoms with Crippen molar-refractivity contribution in [3.63, 3.8) is 0 Å². The number of aryl methyl sites for hydroxylation is 2. The maximum Gasteiger partial charge on any atom is 0.336 e. The average Bonchev–Trinajstić information content (AvgIpc) is 3.21. The summed E-state index contributed by atoms with van der Waals surface area (Å²) in [5, 5.41) is 0.821. The number of aromatic nitrogens is 1. The summed E-state index contributed by atoms with van der Waals surface area (Å²) in [6.45, 7) is 2.03. The molecule has 6 nitrogen and oxygen atoms in total. The molecule has 158 valence electrons. The summed E-state index contributed by atoms with van der Waals surface area (Å²) in [5.74, 6) is -0.00159. The van der Waals surface area contributed by atoms with Gasteiger partial charge in [0.2, 0.25) is 0 Å². The fraction of sp³-hybridized carbons (Fsp3) is 0.208. The molecule has 0 atom stereocenters. The first-order valence-corrected chi connectivity index (χ1v) is 10.0. The first kappa shape index (κ1) is 20.5. The van der Waals surface area contributed by atoms with Crippen LogP contribution in [-0.2, 0) is 17.6 Å². The van der Waals surface area contributed by atoms with Crippen molar-refractivity contribution in [2.45, 2.75) is 32.6 Å². The monoisotopic (exact) mass is 421 g/mol. The van der Waals surface area contributed by atoms with Crippen LogP contribution in [0.3, 0.4) is 0 Å². The molecule has 2 aromatic carbocycles. The van der Waals surface area contributed by atoms with Crippen LogP contribution < -0.4 is 10.4 Å². The van der Waals surface area contributed by atoms with Gasteiger partial charge >= 0.3 is 11.6 Å². The number of fused-ring (bicyclic) bond motifs is 1. The van der Waals surface area contributed by atoms with Crippen molar-refractivity contribution in [2.24, 2.45) is 0 Å². The van der Waals surface area contributed by atoms with Crippen LogP contribution in [0.25, 0.3) is 22.3 Å². The van der Waals surface area contributed by atoms with Crippen LogP contribution in [0.15, 0.2) is 68.4 Å². The molecule has 0 bridgehead atoms. The highest BCUT2D eigenvalue weighted by atomic mass is 19.1. The molecular weight excluding hydrogens is 401 g/mol. The van der Waals surface area contributed by atoms with E-state index in [1.165, 1.54) is 24.4 Å². The van der Waals surface area contributed by atoms with Gasteiger partial charge in [-0.15, -0.1) is 0 Å². The van der Waals surface area contributed by atoms with Gasteiger partial charge in [0.05, 0.1) is 18.2 Å². The predicted molar refractivity (Wildman–Crippen MR) is 112 cm³/mol. The molecule has 4 rings (SSSR count). The van der Waals surface area contributed by atoms with Crippen LogP contribution in [0.4, 0.5) is 4.39 Å². The molecule has 0 aliphatic heterocycles. The summed E-state index contributed by atoms with van der Waals surface area (Å²) in [4.78, 5) is 28.1. The van der Waals surface area contributed by atoms with Gasteiger partial charge in [-0.3, -0.25) is 4.79 Å². The van der Waals surface area contributed by atoms with E-state index in [1.54, 1.807) is 30.3 Å². The number of rotatable bonds is 7. The Balaban J connectivity index is 1.42.